The molecule has 4 rings (SSSR count). The first-order chi connectivity index (χ1) is 14.3. The number of benzene rings is 3. The van der Waals surface area contributed by atoms with Crippen LogP contribution >= 0.6 is 11.6 Å². The van der Waals surface area contributed by atoms with Gasteiger partial charge < -0.3 is 4.90 Å². The first-order valence-corrected chi connectivity index (χ1v) is 11.4. The van der Waals surface area contributed by atoms with Crippen LogP contribution in [-0.2, 0) is 16.4 Å². The zero-order chi connectivity index (χ0) is 21.5. The second-order valence-corrected chi connectivity index (χ2v) is 9.74. The molecule has 7 heteroatoms. The SMILES string of the molecule is C[C@@H]1Cc2ccccc2N1C(=O)c1ccc(N(C)S(=O)(=O)c2ccc(Cl)cc2)cc1. The van der Waals surface area contributed by atoms with Gasteiger partial charge in [0.05, 0.1) is 10.6 Å². The maximum atomic E-state index is 13.1. The highest BCUT2D eigenvalue weighted by atomic mass is 35.5. The summed E-state index contributed by atoms with van der Waals surface area (Å²) in [7, 11) is -2.24. The third-order valence-corrected chi connectivity index (χ3v) is 7.43. The number of hydrogen-bond donors (Lipinski definition) is 0. The molecule has 1 heterocycles. The molecule has 0 aromatic heterocycles. The van der Waals surface area contributed by atoms with E-state index in [1.807, 2.05) is 31.2 Å². The summed E-state index contributed by atoms with van der Waals surface area (Å²) >= 11 is 5.86. The third kappa shape index (κ3) is 3.57. The molecule has 1 amide bonds. The van der Waals surface area contributed by atoms with Crippen molar-refractivity contribution in [2.45, 2.75) is 24.3 Å². The van der Waals surface area contributed by atoms with Crippen LogP contribution in [0.1, 0.15) is 22.8 Å². The molecule has 154 valence electrons. The van der Waals surface area contributed by atoms with Gasteiger partial charge >= 0.3 is 0 Å². The van der Waals surface area contributed by atoms with Crippen LogP contribution in [0, 0.1) is 0 Å². The molecule has 30 heavy (non-hydrogen) atoms. The minimum atomic E-state index is -3.73. The maximum absolute atomic E-state index is 13.1. The van der Waals surface area contributed by atoms with Crippen molar-refractivity contribution in [2.75, 3.05) is 16.3 Å². The molecule has 1 aliphatic heterocycles. The summed E-state index contributed by atoms with van der Waals surface area (Å²) in [5.41, 5.74) is 3.07. The Morgan fingerprint density at radius 1 is 1.00 bits per heavy atom. The molecule has 1 aliphatic rings. The molecule has 0 radical (unpaired) electrons. The van der Waals surface area contributed by atoms with Crippen LogP contribution in [0.3, 0.4) is 0 Å². The van der Waals surface area contributed by atoms with Crippen molar-refractivity contribution in [1.82, 2.24) is 0 Å². The molecule has 0 fully saturated rings. The Kier molecular flexibility index (Phi) is 5.30. The van der Waals surface area contributed by atoms with E-state index in [0.717, 1.165) is 17.7 Å². The summed E-state index contributed by atoms with van der Waals surface area (Å²) in [6.45, 7) is 2.03. The molecular weight excluding hydrogens is 420 g/mol. The van der Waals surface area contributed by atoms with Crippen molar-refractivity contribution in [3.63, 3.8) is 0 Å². The average molecular weight is 441 g/mol. The first kappa shape index (κ1) is 20.4. The number of carbonyl (C=O) groups is 1. The van der Waals surface area contributed by atoms with E-state index in [4.69, 9.17) is 11.6 Å². The van der Waals surface area contributed by atoms with Crippen LogP contribution in [-0.4, -0.2) is 27.4 Å². The number of anilines is 2. The summed E-state index contributed by atoms with van der Waals surface area (Å²) in [5.74, 6) is -0.0952. The molecule has 0 bridgehead atoms. The van der Waals surface area contributed by atoms with Crippen LogP contribution in [0.15, 0.2) is 77.7 Å². The Hall–Kier alpha value is -2.83. The molecular formula is C23H21ClN2O3S. The van der Waals surface area contributed by atoms with Gasteiger partial charge in [-0.1, -0.05) is 29.8 Å². The smallest absolute Gasteiger partial charge is 0.264 e. The van der Waals surface area contributed by atoms with Gasteiger partial charge in [0.2, 0.25) is 0 Å². The number of amides is 1. The molecule has 0 saturated carbocycles. The van der Waals surface area contributed by atoms with Crippen LogP contribution < -0.4 is 9.21 Å². The molecule has 0 N–H and O–H groups in total. The number of carbonyl (C=O) groups excluding carboxylic acids is 1. The Morgan fingerprint density at radius 3 is 2.30 bits per heavy atom. The number of sulfonamides is 1. The van der Waals surface area contributed by atoms with Gasteiger partial charge in [-0.2, -0.15) is 0 Å². The van der Waals surface area contributed by atoms with Crippen molar-refractivity contribution < 1.29 is 13.2 Å². The van der Waals surface area contributed by atoms with E-state index in [1.54, 1.807) is 41.3 Å². The predicted octanol–water partition coefficient (Wildman–Crippen LogP) is 4.76. The van der Waals surface area contributed by atoms with Gasteiger partial charge in [0.25, 0.3) is 15.9 Å². The number of rotatable bonds is 4. The van der Waals surface area contributed by atoms with Gasteiger partial charge in [0.15, 0.2) is 0 Å². The number of nitrogens with zero attached hydrogens (tertiary/aromatic N) is 2. The number of halogens is 1. The fourth-order valence-corrected chi connectivity index (χ4v) is 5.05. The second-order valence-electron chi connectivity index (χ2n) is 7.33. The molecule has 3 aromatic carbocycles. The Bertz CT molecular complexity index is 1190. The highest BCUT2D eigenvalue weighted by Gasteiger charge is 2.31. The van der Waals surface area contributed by atoms with Gasteiger partial charge in [0.1, 0.15) is 0 Å². The van der Waals surface area contributed by atoms with Crippen molar-refractivity contribution in [1.29, 1.82) is 0 Å². The number of fused-ring (bicyclic) bond motifs is 1. The standard InChI is InChI=1S/C23H21ClN2O3S/c1-16-15-18-5-3-4-6-22(18)26(16)23(27)17-7-11-20(12-8-17)25(2)30(28,29)21-13-9-19(24)10-14-21/h3-14,16H,15H2,1-2H3/t16-/m1/s1. The number of para-hydroxylation sites is 1. The van der Waals surface area contributed by atoms with Gasteiger partial charge in [-0.15, -0.1) is 0 Å². The lowest BCUT2D eigenvalue weighted by Crippen LogP contribution is -2.35. The molecule has 0 aliphatic carbocycles. The summed E-state index contributed by atoms with van der Waals surface area (Å²) in [6.07, 6.45) is 0.821. The quantitative estimate of drug-likeness (QED) is 0.587. The zero-order valence-electron chi connectivity index (χ0n) is 16.6. The molecule has 0 unspecified atom stereocenters. The summed E-state index contributed by atoms with van der Waals surface area (Å²) in [5, 5.41) is 0.470. The average Bonchev–Trinajstić information content (AvgIpc) is 3.08. The molecule has 0 saturated heterocycles. The van der Waals surface area contributed by atoms with E-state index >= 15 is 0 Å². The minimum Gasteiger partial charge on any atom is -0.305 e. The fourth-order valence-electron chi connectivity index (χ4n) is 3.73. The topological polar surface area (TPSA) is 57.7 Å². The van der Waals surface area contributed by atoms with Crippen LogP contribution in [0.25, 0.3) is 0 Å². The van der Waals surface area contributed by atoms with Crippen molar-refractivity contribution in [3.05, 3.63) is 88.9 Å². The Morgan fingerprint density at radius 2 is 1.63 bits per heavy atom. The molecule has 5 nitrogen and oxygen atoms in total. The minimum absolute atomic E-state index is 0.0718. The molecule has 3 aromatic rings. The van der Waals surface area contributed by atoms with E-state index in [9.17, 15) is 13.2 Å². The van der Waals surface area contributed by atoms with Crippen LogP contribution in [0.5, 0.6) is 0 Å². The summed E-state index contributed by atoms with van der Waals surface area (Å²) in [6, 6.07) is 20.6. The predicted molar refractivity (Wildman–Crippen MR) is 120 cm³/mol. The highest BCUT2D eigenvalue weighted by molar-refractivity contribution is 7.92. The van der Waals surface area contributed by atoms with Gasteiger partial charge in [0, 0.05) is 29.4 Å². The van der Waals surface area contributed by atoms with Gasteiger partial charge in [-0.3, -0.25) is 9.10 Å². The van der Waals surface area contributed by atoms with E-state index < -0.39 is 10.0 Å². The monoisotopic (exact) mass is 440 g/mol. The van der Waals surface area contributed by atoms with Crippen LogP contribution in [0.4, 0.5) is 11.4 Å². The molecule has 0 spiro atoms. The third-order valence-electron chi connectivity index (χ3n) is 5.38. The van der Waals surface area contributed by atoms with E-state index in [0.29, 0.717) is 16.3 Å². The van der Waals surface area contributed by atoms with Crippen LogP contribution in [0.2, 0.25) is 5.02 Å². The lowest BCUT2D eigenvalue weighted by molar-refractivity contribution is 0.0981. The zero-order valence-corrected chi connectivity index (χ0v) is 18.2. The second kappa shape index (κ2) is 7.78. The lowest BCUT2D eigenvalue weighted by atomic mass is 10.1. The fraction of sp³-hybridized carbons (Fsp3) is 0.174. The summed E-state index contributed by atoms with van der Waals surface area (Å²) < 4.78 is 26.9. The lowest BCUT2D eigenvalue weighted by Gasteiger charge is -2.23. The normalized spacial score (nSPS) is 15.7. The van der Waals surface area contributed by atoms with Crippen molar-refractivity contribution >= 4 is 38.9 Å². The largest absolute Gasteiger partial charge is 0.305 e. The van der Waals surface area contributed by atoms with Crippen molar-refractivity contribution in [3.8, 4) is 0 Å². The molecule has 1 atom stereocenters. The van der Waals surface area contributed by atoms with E-state index in [-0.39, 0.29) is 16.8 Å². The summed E-state index contributed by atoms with van der Waals surface area (Å²) in [4.78, 5) is 15.1. The highest BCUT2D eigenvalue weighted by Crippen LogP contribution is 2.33. The van der Waals surface area contributed by atoms with E-state index in [2.05, 4.69) is 0 Å². The maximum Gasteiger partial charge on any atom is 0.264 e. The van der Waals surface area contributed by atoms with E-state index in [1.165, 1.54) is 23.5 Å². The Labute approximate surface area is 181 Å². The number of hydrogen-bond acceptors (Lipinski definition) is 3. The van der Waals surface area contributed by atoms with Gasteiger partial charge in [-0.25, -0.2) is 8.42 Å². The Balaban J connectivity index is 1.58. The van der Waals surface area contributed by atoms with Gasteiger partial charge in [-0.05, 0) is 73.5 Å². The first-order valence-electron chi connectivity index (χ1n) is 9.55. The van der Waals surface area contributed by atoms with Crippen molar-refractivity contribution in [2.24, 2.45) is 0 Å².